The molecule has 17 heavy (non-hydrogen) atoms. The summed E-state index contributed by atoms with van der Waals surface area (Å²) >= 11 is 0. The number of urea groups is 1. The Kier molecular flexibility index (Phi) is 4.12. The number of hydrogen-bond donors (Lipinski definition) is 2. The van der Waals surface area contributed by atoms with Gasteiger partial charge in [-0.05, 0) is 18.9 Å². The van der Waals surface area contributed by atoms with Gasteiger partial charge in [0.2, 0.25) is 5.95 Å². The standard InChI is InChI=1S/C11H17N5O/c17-11(16-8-1-2-9-16)15-7-6-14-10-12-4-3-5-13-10/h3-5H,1-2,6-9H2,(H,15,17)(H,12,13,14). The normalized spacial score (nSPS) is 14.7. The first-order chi connectivity index (χ1) is 8.36. The maximum atomic E-state index is 11.6. The van der Waals surface area contributed by atoms with Gasteiger partial charge in [0.05, 0.1) is 0 Å². The Bertz CT molecular complexity index is 350. The smallest absolute Gasteiger partial charge is 0.317 e. The zero-order valence-corrected chi connectivity index (χ0v) is 9.72. The van der Waals surface area contributed by atoms with Gasteiger partial charge < -0.3 is 15.5 Å². The van der Waals surface area contributed by atoms with Crippen LogP contribution in [0.25, 0.3) is 0 Å². The maximum absolute atomic E-state index is 11.6. The van der Waals surface area contributed by atoms with Crippen LogP contribution in [0, 0.1) is 0 Å². The summed E-state index contributed by atoms with van der Waals surface area (Å²) in [6.07, 6.45) is 5.59. The SMILES string of the molecule is O=C(NCCNc1ncccn1)N1CCCC1. The van der Waals surface area contributed by atoms with Crippen LogP contribution in [-0.2, 0) is 0 Å². The lowest BCUT2D eigenvalue weighted by Crippen LogP contribution is -2.40. The zero-order chi connectivity index (χ0) is 11.9. The third-order valence-corrected chi connectivity index (χ3v) is 2.64. The zero-order valence-electron chi connectivity index (χ0n) is 9.72. The molecule has 1 aliphatic rings. The molecule has 1 aromatic heterocycles. The fourth-order valence-electron chi connectivity index (χ4n) is 1.77. The Morgan fingerprint density at radius 2 is 1.94 bits per heavy atom. The lowest BCUT2D eigenvalue weighted by atomic mass is 10.4. The minimum atomic E-state index is 0.0262. The van der Waals surface area contributed by atoms with Gasteiger partial charge in [0.25, 0.3) is 0 Å². The second-order valence-electron chi connectivity index (χ2n) is 3.93. The van der Waals surface area contributed by atoms with Crippen molar-refractivity contribution >= 4 is 12.0 Å². The molecule has 0 unspecified atom stereocenters. The second-order valence-corrected chi connectivity index (χ2v) is 3.93. The fraction of sp³-hybridized carbons (Fsp3) is 0.545. The van der Waals surface area contributed by atoms with E-state index in [1.165, 1.54) is 0 Å². The number of rotatable bonds is 4. The minimum absolute atomic E-state index is 0.0262. The molecule has 0 aromatic carbocycles. The summed E-state index contributed by atoms with van der Waals surface area (Å²) in [7, 11) is 0. The predicted molar refractivity (Wildman–Crippen MR) is 64.7 cm³/mol. The van der Waals surface area contributed by atoms with Crippen molar-refractivity contribution < 1.29 is 4.79 Å². The van der Waals surface area contributed by atoms with Gasteiger partial charge in [-0.1, -0.05) is 0 Å². The molecule has 0 atom stereocenters. The van der Waals surface area contributed by atoms with Crippen molar-refractivity contribution in [1.29, 1.82) is 0 Å². The van der Waals surface area contributed by atoms with Crippen molar-refractivity contribution in [3.8, 4) is 0 Å². The van der Waals surface area contributed by atoms with E-state index in [0.29, 0.717) is 19.0 Å². The van der Waals surface area contributed by atoms with Gasteiger partial charge >= 0.3 is 6.03 Å². The van der Waals surface area contributed by atoms with E-state index in [4.69, 9.17) is 0 Å². The van der Waals surface area contributed by atoms with Crippen LogP contribution in [0.5, 0.6) is 0 Å². The van der Waals surface area contributed by atoms with E-state index in [1.54, 1.807) is 18.5 Å². The number of carbonyl (C=O) groups is 1. The number of anilines is 1. The van der Waals surface area contributed by atoms with Gasteiger partial charge in [0.15, 0.2) is 0 Å². The predicted octanol–water partition coefficient (Wildman–Crippen LogP) is 0.694. The quantitative estimate of drug-likeness (QED) is 0.753. The molecule has 1 aliphatic heterocycles. The topological polar surface area (TPSA) is 70.1 Å². The van der Waals surface area contributed by atoms with Gasteiger partial charge in [-0.15, -0.1) is 0 Å². The molecule has 92 valence electrons. The number of carbonyl (C=O) groups excluding carboxylic acids is 1. The highest BCUT2D eigenvalue weighted by molar-refractivity contribution is 5.74. The number of nitrogens with one attached hydrogen (secondary N) is 2. The molecule has 2 heterocycles. The molecule has 2 N–H and O–H groups in total. The van der Waals surface area contributed by atoms with Crippen LogP contribution in [0.15, 0.2) is 18.5 Å². The molecular formula is C11H17N5O. The first-order valence-corrected chi connectivity index (χ1v) is 5.90. The first kappa shape index (κ1) is 11.6. The van der Waals surface area contributed by atoms with Crippen molar-refractivity contribution in [1.82, 2.24) is 20.2 Å². The number of amides is 2. The highest BCUT2D eigenvalue weighted by Gasteiger charge is 2.16. The molecule has 1 fully saturated rings. The van der Waals surface area contributed by atoms with Crippen molar-refractivity contribution in [3.05, 3.63) is 18.5 Å². The van der Waals surface area contributed by atoms with E-state index >= 15 is 0 Å². The van der Waals surface area contributed by atoms with Crippen molar-refractivity contribution in [2.75, 3.05) is 31.5 Å². The van der Waals surface area contributed by atoms with Crippen LogP contribution >= 0.6 is 0 Å². The molecular weight excluding hydrogens is 218 g/mol. The lowest BCUT2D eigenvalue weighted by Gasteiger charge is -2.16. The largest absolute Gasteiger partial charge is 0.352 e. The summed E-state index contributed by atoms with van der Waals surface area (Å²) < 4.78 is 0. The average Bonchev–Trinajstić information content (AvgIpc) is 2.89. The molecule has 0 saturated carbocycles. The summed E-state index contributed by atoms with van der Waals surface area (Å²) in [6, 6.07) is 1.79. The highest BCUT2D eigenvalue weighted by Crippen LogP contribution is 2.06. The van der Waals surface area contributed by atoms with E-state index in [0.717, 1.165) is 25.9 Å². The average molecular weight is 235 g/mol. The van der Waals surface area contributed by atoms with E-state index < -0.39 is 0 Å². The monoisotopic (exact) mass is 235 g/mol. The van der Waals surface area contributed by atoms with E-state index in [2.05, 4.69) is 20.6 Å². The van der Waals surface area contributed by atoms with Crippen LogP contribution in [-0.4, -0.2) is 47.1 Å². The van der Waals surface area contributed by atoms with Crippen LogP contribution in [0.3, 0.4) is 0 Å². The molecule has 6 nitrogen and oxygen atoms in total. The molecule has 2 rings (SSSR count). The van der Waals surface area contributed by atoms with Crippen LogP contribution in [0.2, 0.25) is 0 Å². The lowest BCUT2D eigenvalue weighted by molar-refractivity contribution is 0.209. The second kappa shape index (κ2) is 6.03. The molecule has 0 bridgehead atoms. The van der Waals surface area contributed by atoms with E-state index in [9.17, 15) is 4.79 Å². The van der Waals surface area contributed by atoms with E-state index in [1.807, 2.05) is 4.90 Å². The number of aromatic nitrogens is 2. The summed E-state index contributed by atoms with van der Waals surface area (Å²) in [4.78, 5) is 21.5. The Morgan fingerprint density at radius 1 is 1.24 bits per heavy atom. The Morgan fingerprint density at radius 3 is 2.65 bits per heavy atom. The summed E-state index contributed by atoms with van der Waals surface area (Å²) in [6.45, 7) is 2.96. The first-order valence-electron chi connectivity index (χ1n) is 5.90. The fourth-order valence-corrected chi connectivity index (χ4v) is 1.77. The summed E-state index contributed by atoms with van der Waals surface area (Å²) in [5, 5.41) is 5.90. The third-order valence-electron chi connectivity index (χ3n) is 2.64. The van der Waals surface area contributed by atoms with Crippen LogP contribution < -0.4 is 10.6 Å². The molecule has 2 amide bonds. The summed E-state index contributed by atoms with van der Waals surface area (Å²) in [5.41, 5.74) is 0. The molecule has 0 aliphatic carbocycles. The third kappa shape index (κ3) is 3.58. The van der Waals surface area contributed by atoms with E-state index in [-0.39, 0.29) is 6.03 Å². The minimum Gasteiger partial charge on any atom is -0.352 e. The maximum Gasteiger partial charge on any atom is 0.317 e. The Balaban J connectivity index is 1.61. The van der Waals surface area contributed by atoms with Gasteiger partial charge in [-0.2, -0.15) is 0 Å². The highest BCUT2D eigenvalue weighted by atomic mass is 16.2. The Labute approximate surface area is 100 Å². The molecule has 0 spiro atoms. The number of nitrogens with zero attached hydrogens (tertiary/aromatic N) is 3. The van der Waals surface area contributed by atoms with Gasteiger partial charge in [0, 0.05) is 38.6 Å². The number of likely N-dealkylation sites (tertiary alicyclic amines) is 1. The Hall–Kier alpha value is -1.85. The van der Waals surface area contributed by atoms with Crippen molar-refractivity contribution in [2.45, 2.75) is 12.8 Å². The van der Waals surface area contributed by atoms with Crippen molar-refractivity contribution in [2.24, 2.45) is 0 Å². The molecule has 1 aromatic rings. The van der Waals surface area contributed by atoms with Gasteiger partial charge in [-0.25, -0.2) is 14.8 Å². The van der Waals surface area contributed by atoms with Crippen molar-refractivity contribution in [3.63, 3.8) is 0 Å². The number of hydrogen-bond acceptors (Lipinski definition) is 4. The molecule has 1 saturated heterocycles. The molecule has 6 heteroatoms. The van der Waals surface area contributed by atoms with Crippen LogP contribution in [0.4, 0.5) is 10.7 Å². The van der Waals surface area contributed by atoms with Crippen LogP contribution in [0.1, 0.15) is 12.8 Å². The summed E-state index contributed by atoms with van der Waals surface area (Å²) in [5.74, 6) is 0.586. The van der Waals surface area contributed by atoms with Gasteiger partial charge in [0.1, 0.15) is 0 Å². The van der Waals surface area contributed by atoms with Gasteiger partial charge in [-0.3, -0.25) is 0 Å². The molecule has 0 radical (unpaired) electrons.